The van der Waals surface area contributed by atoms with Crippen LogP contribution in [0.25, 0.3) is 0 Å². The van der Waals surface area contributed by atoms with E-state index in [4.69, 9.17) is 9.47 Å². The molecule has 250 valence electrons. The number of nitrogens with zero attached hydrogens (tertiary/aromatic N) is 3. The summed E-state index contributed by atoms with van der Waals surface area (Å²) in [6.07, 6.45) is 2.83. The molecule has 10 nitrogen and oxygen atoms in total. The van der Waals surface area contributed by atoms with Crippen LogP contribution >= 0.6 is 0 Å². The second kappa shape index (κ2) is 15.6. The van der Waals surface area contributed by atoms with Gasteiger partial charge in [-0.3, -0.25) is 19.2 Å². The van der Waals surface area contributed by atoms with Crippen molar-refractivity contribution in [3.63, 3.8) is 0 Å². The Bertz CT molecular complexity index is 1350. The maximum atomic E-state index is 14.1. The SMILES string of the molecule is CCC1(COc2ccccc2C(=O)N[C@H](CC(C)C)C(=O)N2CCC[C@@H]2C(=O)N(C)[C@@H](Cc2ccccc2)C(=O)N(C)C)COC1. The summed E-state index contributed by atoms with van der Waals surface area (Å²) in [5.74, 6) is -0.586. The third kappa shape index (κ3) is 8.26. The summed E-state index contributed by atoms with van der Waals surface area (Å²) in [6, 6.07) is 14.4. The van der Waals surface area contributed by atoms with E-state index in [1.54, 1.807) is 44.2 Å². The molecule has 3 atom stereocenters. The average molecular weight is 635 g/mol. The monoisotopic (exact) mass is 634 g/mol. The maximum absolute atomic E-state index is 14.1. The Morgan fingerprint density at radius 1 is 1.02 bits per heavy atom. The van der Waals surface area contributed by atoms with Crippen LogP contribution in [0, 0.1) is 11.3 Å². The topological polar surface area (TPSA) is 108 Å². The molecular formula is C36H50N4O6. The van der Waals surface area contributed by atoms with Gasteiger partial charge in [0.1, 0.15) is 23.9 Å². The molecule has 46 heavy (non-hydrogen) atoms. The van der Waals surface area contributed by atoms with Crippen LogP contribution in [0.4, 0.5) is 0 Å². The molecule has 0 saturated carbocycles. The summed E-state index contributed by atoms with van der Waals surface area (Å²) in [6.45, 7) is 8.19. The van der Waals surface area contributed by atoms with Crippen molar-refractivity contribution in [1.82, 2.24) is 20.0 Å². The van der Waals surface area contributed by atoms with Crippen molar-refractivity contribution >= 4 is 23.6 Å². The number of likely N-dealkylation sites (tertiary alicyclic amines) is 1. The lowest BCUT2D eigenvalue weighted by molar-refractivity contribution is -0.149. The number of likely N-dealkylation sites (N-methyl/N-ethyl adjacent to an activating group) is 2. The number of ether oxygens (including phenoxy) is 2. The van der Waals surface area contributed by atoms with Crippen molar-refractivity contribution in [3.05, 3.63) is 65.7 Å². The Balaban J connectivity index is 1.50. The molecule has 0 radical (unpaired) electrons. The van der Waals surface area contributed by atoms with Crippen molar-refractivity contribution < 1.29 is 28.7 Å². The molecule has 2 saturated heterocycles. The predicted molar refractivity (Wildman–Crippen MR) is 176 cm³/mol. The van der Waals surface area contributed by atoms with E-state index >= 15 is 0 Å². The quantitative estimate of drug-likeness (QED) is 0.339. The highest BCUT2D eigenvalue weighted by molar-refractivity contribution is 6.00. The van der Waals surface area contributed by atoms with Gasteiger partial charge in [-0.25, -0.2) is 0 Å². The van der Waals surface area contributed by atoms with Crippen LogP contribution in [-0.4, -0.2) is 104 Å². The van der Waals surface area contributed by atoms with Gasteiger partial charge in [0, 0.05) is 34.1 Å². The lowest BCUT2D eigenvalue weighted by atomic mass is 9.84. The minimum atomic E-state index is -0.829. The lowest BCUT2D eigenvalue weighted by Crippen LogP contribution is -2.57. The summed E-state index contributed by atoms with van der Waals surface area (Å²) in [5.41, 5.74) is 1.24. The first-order valence-corrected chi connectivity index (χ1v) is 16.4. The van der Waals surface area contributed by atoms with Crippen LogP contribution in [0.2, 0.25) is 0 Å². The molecule has 2 aromatic rings. The molecule has 2 aliphatic heterocycles. The first-order chi connectivity index (χ1) is 22.0. The highest BCUT2D eigenvalue weighted by Gasteiger charge is 2.42. The normalized spacial score (nSPS) is 18.3. The fourth-order valence-corrected chi connectivity index (χ4v) is 6.12. The number of para-hydroxylation sites is 1. The highest BCUT2D eigenvalue weighted by Crippen LogP contribution is 2.33. The maximum Gasteiger partial charge on any atom is 0.255 e. The van der Waals surface area contributed by atoms with Crippen molar-refractivity contribution in [3.8, 4) is 5.75 Å². The third-order valence-corrected chi connectivity index (χ3v) is 9.18. The van der Waals surface area contributed by atoms with Gasteiger partial charge in [0.15, 0.2) is 0 Å². The molecule has 0 aromatic heterocycles. The van der Waals surface area contributed by atoms with Gasteiger partial charge in [-0.15, -0.1) is 0 Å². The summed E-state index contributed by atoms with van der Waals surface area (Å²) >= 11 is 0. The van der Waals surface area contributed by atoms with E-state index in [9.17, 15) is 19.2 Å². The van der Waals surface area contributed by atoms with Crippen molar-refractivity contribution in [1.29, 1.82) is 0 Å². The lowest BCUT2D eigenvalue weighted by Gasteiger charge is -2.40. The Labute approximate surface area is 273 Å². The molecule has 2 fully saturated rings. The summed E-state index contributed by atoms with van der Waals surface area (Å²) in [5, 5.41) is 2.98. The minimum absolute atomic E-state index is 0.0541. The standard InChI is InChI=1S/C36H50N4O6/c1-7-36(22-45-23-36)24-46-31-18-12-11-16-27(31)32(41)37-28(20-25(2)3)33(42)40-19-13-17-29(40)35(44)39(6)30(34(43)38(4)5)21-26-14-9-8-10-15-26/h8-12,14-16,18,25,28-30H,7,13,17,19-24H2,1-6H3,(H,37,41)/t28-,29-,30+/m1/s1. The van der Waals surface area contributed by atoms with Crippen LogP contribution in [0.5, 0.6) is 5.75 Å². The molecule has 4 rings (SSSR count). The van der Waals surface area contributed by atoms with Gasteiger partial charge in [-0.2, -0.15) is 0 Å². The minimum Gasteiger partial charge on any atom is -0.492 e. The number of hydrogen-bond acceptors (Lipinski definition) is 6. The summed E-state index contributed by atoms with van der Waals surface area (Å²) in [4.78, 5) is 59.7. The van der Waals surface area contributed by atoms with Crippen molar-refractivity contribution in [2.24, 2.45) is 11.3 Å². The Kier molecular flexibility index (Phi) is 11.8. The number of carbonyl (C=O) groups excluding carboxylic acids is 4. The second-order valence-corrected chi connectivity index (χ2v) is 13.4. The molecule has 4 amide bonds. The van der Waals surface area contributed by atoms with E-state index in [-0.39, 0.29) is 29.1 Å². The molecule has 2 heterocycles. The smallest absolute Gasteiger partial charge is 0.255 e. The molecule has 0 bridgehead atoms. The largest absolute Gasteiger partial charge is 0.492 e. The highest BCUT2D eigenvalue weighted by atomic mass is 16.5. The molecule has 10 heteroatoms. The van der Waals surface area contributed by atoms with Crippen molar-refractivity contribution in [2.75, 3.05) is 47.5 Å². The number of amides is 4. The number of benzene rings is 2. The summed E-state index contributed by atoms with van der Waals surface area (Å²) < 4.78 is 11.6. The molecule has 0 unspecified atom stereocenters. The van der Waals surface area contributed by atoms with Crippen LogP contribution in [0.3, 0.4) is 0 Å². The predicted octanol–water partition coefficient (Wildman–Crippen LogP) is 3.79. The fraction of sp³-hybridized carbons (Fsp3) is 0.556. The van der Waals surface area contributed by atoms with E-state index in [1.807, 2.05) is 50.2 Å². The number of nitrogens with one attached hydrogen (secondary N) is 1. The zero-order valence-corrected chi connectivity index (χ0v) is 28.2. The van der Waals surface area contributed by atoms with Crippen LogP contribution in [0.15, 0.2) is 54.6 Å². The number of rotatable bonds is 14. The first kappa shape index (κ1) is 34.9. The van der Waals surface area contributed by atoms with Gasteiger partial charge in [-0.05, 0) is 49.3 Å². The van der Waals surface area contributed by atoms with Gasteiger partial charge in [0.2, 0.25) is 17.7 Å². The van der Waals surface area contributed by atoms with E-state index in [1.165, 1.54) is 9.80 Å². The van der Waals surface area contributed by atoms with Gasteiger partial charge in [0.25, 0.3) is 5.91 Å². The van der Waals surface area contributed by atoms with Crippen molar-refractivity contribution in [2.45, 2.75) is 71.0 Å². The average Bonchev–Trinajstić information content (AvgIpc) is 3.52. The number of hydrogen-bond donors (Lipinski definition) is 1. The Hall–Kier alpha value is -3.92. The molecule has 2 aliphatic rings. The Morgan fingerprint density at radius 3 is 2.30 bits per heavy atom. The van der Waals surface area contributed by atoms with E-state index in [0.29, 0.717) is 63.4 Å². The zero-order chi connectivity index (χ0) is 33.4. The van der Waals surface area contributed by atoms with E-state index in [2.05, 4.69) is 12.2 Å². The van der Waals surface area contributed by atoms with Gasteiger partial charge >= 0.3 is 0 Å². The van der Waals surface area contributed by atoms with E-state index < -0.39 is 24.0 Å². The van der Waals surface area contributed by atoms with Crippen LogP contribution in [-0.2, 0) is 25.5 Å². The molecule has 0 spiro atoms. The summed E-state index contributed by atoms with van der Waals surface area (Å²) in [7, 11) is 4.99. The van der Waals surface area contributed by atoms with Gasteiger partial charge in [-0.1, -0.05) is 63.2 Å². The first-order valence-electron chi connectivity index (χ1n) is 16.4. The van der Waals surface area contributed by atoms with Gasteiger partial charge < -0.3 is 29.5 Å². The second-order valence-electron chi connectivity index (χ2n) is 13.4. The molecule has 0 aliphatic carbocycles. The zero-order valence-electron chi connectivity index (χ0n) is 28.2. The van der Waals surface area contributed by atoms with E-state index in [0.717, 1.165) is 12.0 Å². The van der Waals surface area contributed by atoms with Crippen LogP contribution in [0.1, 0.15) is 62.4 Å². The van der Waals surface area contributed by atoms with Crippen LogP contribution < -0.4 is 10.1 Å². The molecule has 2 aromatic carbocycles. The number of carbonyl (C=O) groups is 4. The fourth-order valence-electron chi connectivity index (χ4n) is 6.12. The van der Waals surface area contributed by atoms with Gasteiger partial charge in [0.05, 0.1) is 30.8 Å². The molecule has 1 N–H and O–H groups in total. The third-order valence-electron chi connectivity index (χ3n) is 9.18. The molecular weight excluding hydrogens is 584 g/mol. The Morgan fingerprint density at radius 2 is 1.70 bits per heavy atom.